The summed E-state index contributed by atoms with van der Waals surface area (Å²) in [6.45, 7) is 12.5. The van der Waals surface area contributed by atoms with Gasteiger partial charge in [0, 0.05) is 5.92 Å². The van der Waals surface area contributed by atoms with E-state index in [2.05, 4.69) is 34.6 Å². The van der Waals surface area contributed by atoms with Gasteiger partial charge < -0.3 is 9.84 Å². The lowest BCUT2D eigenvalue weighted by Gasteiger charge is -2.72. The average Bonchev–Trinajstić information content (AvgIpc) is 3.18. The van der Waals surface area contributed by atoms with Crippen molar-refractivity contribution in [1.82, 2.24) is 0 Å². The van der Waals surface area contributed by atoms with Crippen LogP contribution in [0.25, 0.3) is 0 Å². The van der Waals surface area contributed by atoms with Crippen LogP contribution in [0.3, 0.4) is 0 Å². The van der Waals surface area contributed by atoms with Gasteiger partial charge in [-0.2, -0.15) is 0 Å². The molecule has 0 radical (unpaired) electrons. The Hall–Kier alpha value is -0.570. The molecule has 1 N–H and O–H groups in total. The maximum Gasteiger partial charge on any atom is 0.312 e. The van der Waals surface area contributed by atoms with Gasteiger partial charge in [-0.15, -0.1) is 0 Å². The van der Waals surface area contributed by atoms with Crippen molar-refractivity contribution in [2.45, 2.75) is 111 Å². The second-order valence-electron chi connectivity index (χ2n) is 13.7. The summed E-state index contributed by atoms with van der Waals surface area (Å²) in [6, 6.07) is 0. The van der Waals surface area contributed by atoms with Crippen molar-refractivity contribution in [2.75, 3.05) is 0 Å². The van der Waals surface area contributed by atoms with Gasteiger partial charge in [0.15, 0.2) is 0 Å². The van der Waals surface area contributed by atoms with Crippen molar-refractivity contribution < 1.29 is 14.6 Å². The number of ether oxygens (including phenoxy) is 1. The summed E-state index contributed by atoms with van der Waals surface area (Å²) >= 11 is 0. The molecular formula is C27H42O3. The Balaban J connectivity index is 1.40. The molecule has 6 fully saturated rings. The van der Waals surface area contributed by atoms with E-state index < -0.39 is 0 Å². The molecule has 2 bridgehead atoms. The highest BCUT2D eigenvalue weighted by molar-refractivity contribution is 5.81. The number of hydrogen-bond acceptors (Lipinski definition) is 3. The molecule has 6 rings (SSSR count). The normalized spacial score (nSPS) is 60.8. The minimum absolute atomic E-state index is 0.0214. The van der Waals surface area contributed by atoms with Gasteiger partial charge in [-0.1, -0.05) is 34.6 Å². The van der Waals surface area contributed by atoms with E-state index in [4.69, 9.17) is 4.74 Å². The Kier molecular flexibility index (Phi) is 3.79. The highest BCUT2D eigenvalue weighted by Crippen LogP contribution is 2.77. The van der Waals surface area contributed by atoms with Gasteiger partial charge in [0.05, 0.1) is 11.5 Å². The molecule has 0 aromatic carbocycles. The van der Waals surface area contributed by atoms with E-state index in [9.17, 15) is 9.90 Å². The molecule has 0 unspecified atom stereocenters. The van der Waals surface area contributed by atoms with Gasteiger partial charge in [-0.25, -0.2) is 0 Å². The molecule has 1 aliphatic heterocycles. The molecule has 3 nitrogen and oxygen atoms in total. The Labute approximate surface area is 182 Å². The van der Waals surface area contributed by atoms with Crippen LogP contribution < -0.4 is 0 Å². The third-order valence-corrected chi connectivity index (χ3v) is 13.0. The van der Waals surface area contributed by atoms with Crippen LogP contribution in [0.15, 0.2) is 0 Å². The smallest absolute Gasteiger partial charge is 0.312 e. The van der Waals surface area contributed by atoms with Crippen LogP contribution in [0, 0.1) is 50.7 Å². The molecule has 0 amide bonds. The van der Waals surface area contributed by atoms with E-state index in [0.717, 1.165) is 31.6 Å². The van der Waals surface area contributed by atoms with E-state index in [1.54, 1.807) is 0 Å². The first-order valence-corrected chi connectivity index (χ1v) is 12.9. The van der Waals surface area contributed by atoms with Gasteiger partial charge in [0.1, 0.15) is 6.10 Å². The number of hydrogen-bond donors (Lipinski definition) is 1. The van der Waals surface area contributed by atoms with Gasteiger partial charge in [0.25, 0.3) is 0 Å². The zero-order chi connectivity index (χ0) is 21.3. The number of fused-ring (bicyclic) bond motifs is 5. The molecule has 3 heteroatoms. The maximum absolute atomic E-state index is 12.8. The number of rotatable bonds is 0. The van der Waals surface area contributed by atoms with Crippen molar-refractivity contribution in [3.05, 3.63) is 0 Å². The lowest BCUT2D eigenvalue weighted by atomic mass is 9.32. The highest BCUT2D eigenvalue weighted by atomic mass is 16.6. The Morgan fingerprint density at radius 1 is 0.800 bits per heavy atom. The summed E-state index contributed by atoms with van der Waals surface area (Å²) in [7, 11) is 0. The van der Waals surface area contributed by atoms with Gasteiger partial charge in [-0.3, -0.25) is 4.79 Å². The third kappa shape index (κ3) is 1.98. The van der Waals surface area contributed by atoms with Crippen molar-refractivity contribution in [1.29, 1.82) is 0 Å². The molecule has 5 aliphatic carbocycles. The lowest BCUT2D eigenvalue weighted by molar-refractivity contribution is -0.243. The summed E-state index contributed by atoms with van der Waals surface area (Å²) in [6.07, 6.45) is 11.8. The molecule has 1 heterocycles. The summed E-state index contributed by atoms with van der Waals surface area (Å²) in [5.41, 5.74) is 0.879. The topological polar surface area (TPSA) is 46.5 Å². The van der Waals surface area contributed by atoms with Crippen LogP contribution in [-0.2, 0) is 9.53 Å². The SMILES string of the molecule is CC1(C)[C@@H](O)CC[C@]2(C)[C@H]3CC[C@@H]4[C@H]5[C@H]6CC[C@@]5(CC[C@@]4(C)[C@]3(C)CC[C@@H]12)C(=O)O6. The second-order valence-corrected chi connectivity index (χ2v) is 13.7. The second kappa shape index (κ2) is 5.67. The molecule has 0 aromatic heterocycles. The predicted octanol–water partition coefficient (Wildman–Crippen LogP) is 5.74. The standard InChI is InChI=1S/C27H42O3/c1-23(2)18-9-12-26(5)19(24(18,3)11-10-20(23)28)7-6-16-21-17-8-13-27(21,22(29)30-17)15-14-25(16,26)4/h16-21,28H,6-15H2,1-5H3/t16-,17-,18+,19-,20+,21+,24+,25-,26-,27+/m1/s1. The number of esters is 1. The van der Waals surface area contributed by atoms with Crippen molar-refractivity contribution in [3.8, 4) is 0 Å². The first kappa shape index (κ1) is 20.1. The first-order chi connectivity index (χ1) is 14.0. The molecule has 6 aliphatic rings. The quantitative estimate of drug-likeness (QED) is 0.514. The van der Waals surface area contributed by atoms with Crippen molar-refractivity contribution >= 4 is 5.97 Å². The number of carbonyl (C=O) groups excluding carboxylic acids is 1. The third-order valence-electron chi connectivity index (χ3n) is 13.0. The summed E-state index contributed by atoms with van der Waals surface area (Å²) < 4.78 is 5.94. The monoisotopic (exact) mass is 414 g/mol. The van der Waals surface area contributed by atoms with Crippen LogP contribution in [-0.4, -0.2) is 23.3 Å². The number of aliphatic hydroxyl groups is 1. The van der Waals surface area contributed by atoms with Gasteiger partial charge in [0.2, 0.25) is 0 Å². The Morgan fingerprint density at radius 3 is 2.30 bits per heavy atom. The Morgan fingerprint density at radius 2 is 1.57 bits per heavy atom. The number of aliphatic hydroxyl groups excluding tert-OH is 1. The molecule has 0 aromatic rings. The summed E-state index contributed by atoms with van der Waals surface area (Å²) in [5, 5.41) is 10.8. The van der Waals surface area contributed by atoms with Crippen LogP contribution in [0.4, 0.5) is 0 Å². The predicted molar refractivity (Wildman–Crippen MR) is 117 cm³/mol. The molecule has 5 saturated carbocycles. The first-order valence-electron chi connectivity index (χ1n) is 12.9. The van der Waals surface area contributed by atoms with Crippen LogP contribution in [0.2, 0.25) is 0 Å². The van der Waals surface area contributed by atoms with Crippen LogP contribution >= 0.6 is 0 Å². The van der Waals surface area contributed by atoms with Crippen LogP contribution in [0.5, 0.6) is 0 Å². The van der Waals surface area contributed by atoms with Gasteiger partial charge >= 0.3 is 5.97 Å². The minimum atomic E-state index is -0.154. The fourth-order valence-electron chi connectivity index (χ4n) is 11.3. The van der Waals surface area contributed by atoms with Crippen molar-refractivity contribution in [2.24, 2.45) is 50.7 Å². The zero-order valence-corrected chi connectivity index (χ0v) is 19.8. The van der Waals surface area contributed by atoms with Gasteiger partial charge in [-0.05, 0) is 104 Å². The number of carbonyl (C=O) groups is 1. The molecule has 1 saturated heterocycles. The molecule has 0 spiro atoms. The largest absolute Gasteiger partial charge is 0.462 e. The van der Waals surface area contributed by atoms with Crippen molar-refractivity contribution in [3.63, 3.8) is 0 Å². The average molecular weight is 415 g/mol. The summed E-state index contributed by atoms with van der Waals surface area (Å²) in [4.78, 5) is 12.8. The fourth-order valence-corrected chi connectivity index (χ4v) is 11.3. The molecular weight excluding hydrogens is 372 g/mol. The molecule has 10 atom stereocenters. The Bertz CT molecular complexity index is 789. The molecule has 168 valence electrons. The van der Waals surface area contributed by atoms with E-state index >= 15 is 0 Å². The van der Waals surface area contributed by atoms with E-state index in [0.29, 0.717) is 34.0 Å². The highest BCUT2D eigenvalue weighted by Gasteiger charge is 2.74. The van der Waals surface area contributed by atoms with E-state index in [1.807, 2.05) is 0 Å². The summed E-state index contributed by atoms with van der Waals surface area (Å²) in [5.74, 6) is 2.64. The van der Waals surface area contributed by atoms with E-state index in [1.165, 1.54) is 38.5 Å². The maximum atomic E-state index is 12.8. The van der Waals surface area contributed by atoms with E-state index in [-0.39, 0.29) is 29.0 Å². The zero-order valence-electron chi connectivity index (χ0n) is 19.8. The lowest BCUT2D eigenvalue weighted by Crippen LogP contribution is -2.66. The van der Waals surface area contributed by atoms with Crippen LogP contribution in [0.1, 0.15) is 98.8 Å². The fraction of sp³-hybridized carbons (Fsp3) is 0.963. The molecule has 30 heavy (non-hydrogen) atoms. The minimum Gasteiger partial charge on any atom is -0.462 e.